The van der Waals surface area contributed by atoms with E-state index in [0.717, 1.165) is 0 Å². The zero-order valence-electron chi connectivity index (χ0n) is 6.52. The van der Waals surface area contributed by atoms with Gasteiger partial charge < -0.3 is 5.32 Å². The highest BCUT2D eigenvalue weighted by Crippen LogP contribution is 1.61. The molecule has 0 radical (unpaired) electrons. The molecule has 0 saturated carbocycles. The molecule has 0 aromatic rings. The van der Waals surface area contributed by atoms with Gasteiger partial charge in [-0.1, -0.05) is 6.58 Å². The quantitative estimate of drug-likeness (QED) is 0.415. The van der Waals surface area contributed by atoms with Crippen molar-refractivity contribution in [1.29, 1.82) is 0 Å². The Morgan fingerprint density at radius 2 is 1.92 bits per heavy atom. The van der Waals surface area contributed by atoms with Gasteiger partial charge in [-0.2, -0.15) is 8.42 Å². The number of hydrogen-bond acceptors (Lipinski definition) is 3. The minimum atomic E-state index is -4.67. The van der Waals surface area contributed by atoms with Gasteiger partial charge in [0, 0.05) is 6.54 Å². The molecule has 0 aliphatic rings. The van der Waals surface area contributed by atoms with Crippen molar-refractivity contribution in [3.63, 3.8) is 0 Å². The van der Waals surface area contributed by atoms with Gasteiger partial charge in [0.15, 0.2) is 0 Å². The summed E-state index contributed by atoms with van der Waals surface area (Å²) in [5, 5.41) is 2.54. The predicted octanol–water partition coefficient (Wildman–Crippen LogP) is -0.344. The number of nitrogens with one attached hydrogen (secondary N) is 1. The third-order valence-corrected chi connectivity index (χ3v) is 0.536. The third kappa shape index (κ3) is 35.6. The Morgan fingerprint density at radius 3 is 2.00 bits per heavy atom. The topological polar surface area (TPSA) is 104 Å². The van der Waals surface area contributed by atoms with Crippen LogP contribution in [0.1, 0.15) is 6.92 Å². The van der Waals surface area contributed by atoms with Crippen LogP contribution in [0.2, 0.25) is 0 Å². The van der Waals surface area contributed by atoms with Crippen molar-refractivity contribution in [1.82, 2.24) is 5.32 Å². The number of amides is 1. The Labute approximate surface area is 70.9 Å². The number of likely N-dealkylation sites (N-methyl/N-ethyl adjacent to an activating group) is 1. The van der Waals surface area contributed by atoms with Gasteiger partial charge in [-0.3, -0.25) is 13.9 Å². The molecule has 7 heteroatoms. The van der Waals surface area contributed by atoms with Crippen LogP contribution in [-0.4, -0.2) is 30.0 Å². The maximum atomic E-state index is 10.2. The highest BCUT2D eigenvalue weighted by molar-refractivity contribution is 7.79. The minimum Gasteiger partial charge on any atom is -0.353 e. The van der Waals surface area contributed by atoms with E-state index >= 15 is 0 Å². The SMILES string of the molecule is C=CC(=O)NCC.O=S(=O)(O)O. The Bertz CT molecular complexity index is 224. The summed E-state index contributed by atoms with van der Waals surface area (Å²) in [4.78, 5) is 10.2. The van der Waals surface area contributed by atoms with Gasteiger partial charge in [-0.25, -0.2) is 0 Å². The molecular formula is C5H11NO5S. The highest BCUT2D eigenvalue weighted by Gasteiger charge is 1.84. The first-order chi connectivity index (χ1) is 5.31. The van der Waals surface area contributed by atoms with Crippen LogP contribution in [0.15, 0.2) is 12.7 Å². The first kappa shape index (κ1) is 13.7. The van der Waals surface area contributed by atoms with Crippen LogP contribution in [-0.2, 0) is 15.2 Å². The summed E-state index contributed by atoms with van der Waals surface area (Å²) >= 11 is 0. The number of carbonyl (C=O) groups is 1. The van der Waals surface area contributed by atoms with Gasteiger partial charge in [0.1, 0.15) is 0 Å². The summed E-state index contributed by atoms with van der Waals surface area (Å²) in [6.45, 7) is 5.80. The summed E-state index contributed by atoms with van der Waals surface area (Å²) in [6.07, 6.45) is 1.25. The largest absolute Gasteiger partial charge is 0.394 e. The fourth-order valence-corrected chi connectivity index (χ4v) is 0.246. The molecule has 12 heavy (non-hydrogen) atoms. The van der Waals surface area contributed by atoms with Crippen molar-refractivity contribution in [3.8, 4) is 0 Å². The van der Waals surface area contributed by atoms with E-state index in [4.69, 9.17) is 17.5 Å². The van der Waals surface area contributed by atoms with Crippen LogP contribution < -0.4 is 5.32 Å². The molecule has 0 bridgehead atoms. The van der Waals surface area contributed by atoms with Gasteiger partial charge in [0.25, 0.3) is 0 Å². The lowest BCUT2D eigenvalue weighted by Gasteiger charge is -1.90. The van der Waals surface area contributed by atoms with Crippen LogP contribution in [0, 0.1) is 0 Å². The molecule has 0 aliphatic carbocycles. The zero-order valence-corrected chi connectivity index (χ0v) is 7.34. The normalized spacial score (nSPS) is 9.25. The number of rotatable bonds is 2. The van der Waals surface area contributed by atoms with E-state index in [9.17, 15) is 4.79 Å². The molecule has 0 aliphatic heterocycles. The van der Waals surface area contributed by atoms with Crippen molar-refractivity contribution < 1.29 is 22.3 Å². The average molecular weight is 197 g/mol. The highest BCUT2D eigenvalue weighted by atomic mass is 32.3. The Morgan fingerprint density at radius 1 is 1.58 bits per heavy atom. The Balaban J connectivity index is 0. The molecule has 0 aromatic heterocycles. The lowest BCUT2D eigenvalue weighted by molar-refractivity contribution is -0.116. The number of hydrogen-bond donors (Lipinski definition) is 3. The van der Waals surface area contributed by atoms with Crippen LogP contribution >= 0.6 is 0 Å². The van der Waals surface area contributed by atoms with E-state index in [-0.39, 0.29) is 5.91 Å². The second-order valence-electron chi connectivity index (χ2n) is 1.55. The second-order valence-corrected chi connectivity index (χ2v) is 2.44. The van der Waals surface area contributed by atoms with Gasteiger partial charge in [-0.05, 0) is 13.0 Å². The smallest absolute Gasteiger partial charge is 0.353 e. The fraction of sp³-hybridized carbons (Fsp3) is 0.400. The summed E-state index contributed by atoms with van der Waals surface area (Å²) in [5.41, 5.74) is 0. The van der Waals surface area contributed by atoms with Crippen molar-refractivity contribution in [3.05, 3.63) is 12.7 Å². The van der Waals surface area contributed by atoms with Crippen LogP contribution in [0.3, 0.4) is 0 Å². The Hall–Kier alpha value is -0.920. The van der Waals surface area contributed by atoms with E-state index in [1.54, 1.807) is 0 Å². The van der Waals surface area contributed by atoms with Crippen LogP contribution in [0.5, 0.6) is 0 Å². The molecule has 0 atom stereocenters. The maximum Gasteiger partial charge on any atom is 0.394 e. The second kappa shape index (κ2) is 6.77. The van der Waals surface area contributed by atoms with Gasteiger partial charge in [0.05, 0.1) is 0 Å². The summed E-state index contributed by atoms with van der Waals surface area (Å²) < 4.78 is 31.6. The van der Waals surface area contributed by atoms with E-state index < -0.39 is 10.4 Å². The lowest BCUT2D eigenvalue weighted by atomic mass is 10.6. The summed E-state index contributed by atoms with van der Waals surface area (Å²) in [7, 11) is -4.67. The van der Waals surface area contributed by atoms with E-state index in [1.165, 1.54) is 6.08 Å². The van der Waals surface area contributed by atoms with E-state index in [1.807, 2.05) is 6.92 Å². The number of carbonyl (C=O) groups excluding carboxylic acids is 1. The summed E-state index contributed by atoms with van der Waals surface area (Å²) in [6, 6.07) is 0. The molecule has 0 rings (SSSR count). The minimum absolute atomic E-state index is 0.109. The van der Waals surface area contributed by atoms with Crippen molar-refractivity contribution in [2.45, 2.75) is 6.92 Å². The fourth-order valence-electron chi connectivity index (χ4n) is 0.246. The van der Waals surface area contributed by atoms with Gasteiger partial charge >= 0.3 is 10.4 Å². The molecule has 0 spiro atoms. The Kier molecular flexibility index (Phi) is 7.70. The zero-order chi connectivity index (χ0) is 10.2. The molecule has 0 fully saturated rings. The molecule has 0 aromatic carbocycles. The monoisotopic (exact) mass is 197 g/mol. The van der Waals surface area contributed by atoms with Crippen molar-refractivity contribution >= 4 is 16.3 Å². The van der Waals surface area contributed by atoms with Crippen LogP contribution in [0.4, 0.5) is 0 Å². The first-order valence-corrected chi connectivity index (χ1v) is 4.31. The molecule has 3 N–H and O–H groups in total. The standard InChI is InChI=1S/C5H9NO.H2O4S/c1-3-5(7)6-4-2;1-5(2,3)4/h3H,1,4H2,2H3,(H,6,7);(H2,1,2,3,4). The molecular weight excluding hydrogens is 186 g/mol. The summed E-state index contributed by atoms with van der Waals surface area (Å²) in [5.74, 6) is -0.109. The molecule has 72 valence electrons. The molecule has 1 amide bonds. The molecule has 0 saturated heterocycles. The lowest BCUT2D eigenvalue weighted by Crippen LogP contribution is -2.19. The molecule has 6 nitrogen and oxygen atoms in total. The molecule has 0 unspecified atom stereocenters. The van der Waals surface area contributed by atoms with Gasteiger partial charge in [0.2, 0.25) is 5.91 Å². The third-order valence-electron chi connectivity index (χ3n) is 0.536. The van der Waals surface area contributed by atoms with E-state index in [0.29, 0.717) is 6.54 Å². The van der Waals surface area contributed by atoms with Gasteiger partial charge in [-0.15, -0.1) is 0 Å². The average Bonchev–Trinajstić information content (AvgIpc) is 1.85. The first-order valence-electron chi connectivity index (χ1n) is 2.91. The molecule has 0 heterocycles. The predicted molar refractivity (Wildman–Crippen MR) is 43.1 cm³/mol. The van der Waals surface area contributed by atoms with Crippen molar-refractivity contribution in [2.24, 2.45) is 0 Å². The van der Waals surface area contributed by atoms with Crippen molar-refractivity contribution in [2.75, 3.05) is 6.54 Å². The van der Waals surface area contributed by atoms with Crippen LogP contribution in [0.25, 0.3) is 0 Å². The maximum absolute atomic E-state index is 10.2. The van der Waals surface area contributed by atoms with E-state index in [2.05, 4.69) is 11.9 Å².